The molecule has 1 atom stereocenters. The third kappa shape index (κ3) is 3.54. The van der Waals surface area contributed by atoms with E-state index in [4.69, 9.17) is 4.74 Å². The second-order valence-corrected chi connectivity index (χ2v) is 4.03. The van der Waals surface area contributed by atoms with Gasteiger partial charge in [0.1, 0.15) is 0 Å². The van der Waals surface area contributed by atoms with Crippen molar-refractivity contribution in [3.63, 3.8) is 0 Å². The number of carbonyl (C=O) groups is 1. The zero-order chi connectivity index (χ0) is 12.0. The molecule has 0 aromatic heterocycles. The van der Waals surface area contributed by atoms with Gasteiger partial charge < -0.3 is 10.1 Å². The molecule has 0 saturated carbocycles. The first-order valence-electron chi connectivity index (χ1n) is 5.26. The number of nitrogens with one attached hydrogen (secondary N) is 1. The number of ether oxygens (including phenoxy) is 1. The summed E-state index contributed by atoms with van der Waals surface area (Å²) in [6, 6.07) is 7.29. The lowest BCUT2D eigenvalue weighted by molar-refractivity contribution is 0.0892. The Bertz CT molecular complexity index is 355. The van der Waals surface area contributed by atoms with E-state index in [1.807, 2.05) is 19.1 Å². The van der Waals surface area contributed by atoms with Gasteiger partial charge in [0.15, 0.2) is 0 Å². The molecule has 1 aromatic carbocycles. The van der Waals surface area contributed by atoms with Gasteiger partial charge in [0.25, 0.3) is 5.91 Å². The molecule has 1 unspecified atom stereocenters. The molecule has 4 heteroatoms. The molecule has 88 valence electrons. The van der Waals surface area contributed by atoms with Crippen LogP contribution in [0.5, 0.6) is 0 Å². The number of thiol groups is 1. The van der Waals surface area contributed by atoms with E-state index in [1.54, 1.807) is 19.2 Å². The summed E-state index contributed by atoms with van der Waals surface area (Å²) in [5.41, 5.74) is 0.598. The van der Waals surface area contributed by atoms with Crippen LogP contribution in [0.2, 0.25) is 0 Å². The summed E-state index contributed by atoms with van der Waals surface area (Å²) in [5, 5.41) is 2.91. The number of benzene rings is 1. The van der Waals surface area contributed by atoms with Gasteiger partial charge in [-0.25, -0.2) is 0 Å². The van der Waals surface area contributed by atoms with Crippen LogP contribution in [-0.2, 0) is 4.74 Å². The molecule has 1 N–H and O–H groups in total. The lowest BCUT2D eigenvalue weighted by Crippen LogP contribution is -2.37. The van der Waals surface area contributed by atoms with Gasteiger partial charge in [-0.15, -0.1) is 12.6 Å². The fraction of sp³-hybridized carbons (Fsp3) is 0.417. The highest BCUT2D eigenvalue weighted by atomic mass is 32.1. The van der Waals surface area contributed by atoms with Gasteiger partial charge in [-0.2, -0.15) is 0 Å². The maximum Gasteiger partial charge on any atom is 0.252 e. The maximum absolute atomic E-state index is 11.9. The lowest BCUT2D eigenvalue weighted by atomic mass is 10.2. The molecule has 0 aliphatic carbocycles. The Balaban J connectivity index is 2.68. The summed E-state index contributed by atoms with van der Waals surface area (Å²) in [6.07, 6.45) is 0.842. The molecule has 0 fully saturated rings. The second kappa shape index (κ2) is 6.55. The van der Waals surface area contributed by atoms with Crippen LogP contribution in [-0.4, -0.2) is 25.7 Å². The molecule has 0 bridgehead atoms. The van der Waals surface area contributed by atoms with Crippen molar-refractivity contribution in [2.24, 2.45) is 0 Å². The van der Waals surface area contributed by atoms with Crippen molar-refractivity contribution >= 4 is 18.5 Å². The van der Waals surface area contributed by atoms with E-state index in [2.05, 4.69) is 17.9 Å². The van der Waals surface area contributed by atoms with Crippen LogP contribution < -0.4 is 5.32 Å². The molecule has 0 radical (unpaired) electrons. The van der Waals surface area contributed by atoms with Gasteiger partial charge in [-0.1, -0.05) is 19.1 Å². The van der Waals surface area contributed by atoms with Crippen molar-refractivity contribution in [2.45, 2.75) is 24.3 Å². The van der Waals surface area contributed by atoms with Crippen LogP contribution in [0, 0.1) is 0 Å². The Hall–Kier alpha value is -1.00. The largest absolute Gasteiger partial charge is 0.383 e. The van der Waals surface area contributed by atoms with E-state index in [9.17, 15) is 4.79 Å². The minimum absolute atomic E-state index is 0.0467. The minimum Gasteiger partial charge on any atom is -0.383 e. The van der Waals surface area contributed by atoms with E-state index in [-0.39, 0.29) is 11.9 Å². The van der Waals surface area contributed by atoms with Crippen LogP contribution in [0.4, 0.5) is 0 Å². The topological polar surface area (TPSA) is 38.3 Å². The molecule has 1 rings (SSSR count). The van der Waals surface area contributed by atoms with Crippen molar-refractivity contribution in [3.05, 3.63) is 29.8 Å². The zero-order valence-electron chi connectivity index (χ0n) is 9.56. The predicted octanol–water partition coefficient (Wildman–Crippen LogP) is 2.13. The molecule has 0 heterocycles. The Kier molecular flexibility index (Phi) is 5.35. The molecule has 3 nitrogen and oxygen atoms in total. The Labute approximate surface area is 102 Å². The van der Waals surface area contributed by atoms with E-state index < -0.39 is 0 Å². The first kappa shape index (κ1) is 13.1. The van der Waals surface area contributed by atoms with E-state index >= 15 is 0 Å². The minimum atomic E-state index is -0.102. The quantitative estimate of drug-likeness (QED) is 0.773. The highest BCUT2D eigenvalue weighted by molar-refractivity contribution is 7.80. The summed E-state index contributed by atoms with van der Waals surface area (Å²) in [4.78, 5) is 12.6. The van der Waals surface area contributed by atoms with Crippen LogP contribution in [0.25, 0.3) is 0 Å². The molecule has 1 amide bonds. The maximum atomic E-state index is 11.9. The van der Waals surface area contributed by atoms with Gasteiger partial charge >= 0.3 is 0 Å². The summed E-state index contributed by atoms with van der Waals surface area (Å²) in [5.74, 6) is -0.102. The van der Waals surface area contributed by atoms with Gasteiger partial charge in [-0.05, 0) is 18.6 Å². The monoisotopic (exact) mass is 239 g/mol. The van der Waals surface area contributed by atoms with Crippen molar-refractivity contribution in [2.75, 3.05) is 13.7 Å². The number of amides is 1. The average molecular weight is 239 g/mol. The summed E-state index contributed by atoms with van der Waals surface area (Å²) >= 11 is 4.25. The van der Waals surface area contributed by atoms with Gasteiger partial charge in [0, 0.05) is 12.0 Å². The van der Waals surface area contributed by atoms with Crippen LogP contribution in [0.15, 0.2) is 29.2 Å². The molecule has 0 saturated heterocycles. The fourth-order valence-corrected chi connectivity index (χ4v) is 1.65. The summed E-state index contributed by atoms with van der Waals surface area (Å²) in [7, 11) is 1.63. The van der Waals surface area contributed by atoms with Crippen LogP contribution in [0.3, 0.4) is 0 Å². The summed E-state index contributed by atoms with van der Waals surface area (Å²) in [6.45, 7) is 2.54. The number of rotatable bonds is 5. The molecule has 0 aliphatic heterocycles. The smallest absolute Gasteiger partial charge is 0.252 e. The molecule has 0 spiro atoms. The third-order valence-corrected chi connectivity index (χ3v) is 2.73. The van der Waals surface area contributed by atoms with E-state index in [1.165, 1.54) is 0 Å². The van der Waals surface area contributed by atoms with Crippen LogP contribution in [0.1, 0.15) is 23.7 Å². The lowest BCUT2D eigenvalue weighted by Gasteiger charge is -2.16. The highest BCUT2D eigenvalue weighted by Gasteiger charge is 2.13. The molecule has 1 aromatic rings. The zero-order valence-corrected chi connectivity index (χ0v) is 10.5. The first-order chi connectivity index (χ1) is 7.69. The predicted molar refractivity (Wildman–Crippen MR) is 67.1 cm³/mol. The number of hydrogen-bond donors (Lipinski definition) is 2. The molecular weight excluding hydrogens is 222 g/mol. The second-order valence-electron chi connectivity index (χ2n) is 3.55. The number of methoxy groups -OCH3 is 1. The van der Waals surface area contributed by atoms with Crippen molar-refractivity contribution in [1.29, 1.82) is 0 Å². The Morgan fingerprint density at radius 2 is 2.19 bits per heavy atom. The normalized spacial score (nSPS) is 12.2. The molecule has 0 aliphatic rings. The molecule has 16 heavy (non-hydrogen) atoms. The third-order valence-electron chi connectivity index (χ3n) is 2.34. The first-order valence-corrected chi connectivity index (χ1v) is 5.71. The molecular formula is C12H17NO2S. The van der Waals surface area contributed by atoms with Gasteiger partial charge in [0.2, 0.25) is 0 Å². The van der Waals surface area contributed by atoms with Crippen molar-refractivity contribution in [3.8, 4) is 0 Å². The van der Waals surface area contributed by atoms with E-state index in [0.717, 1.165) is 6.42 Å². The number of carbonyl (C=O) groups excluding carboxylic acids is 1. The fourth-order valence-electron chi connectivity index (χ4n) is 1.39. The van der Waals surface area contributed by atoms with Gasteiger partial charge in [0.05, 0.1) is 18.2 Å². The highest BCUT2D eigenvalue weighted by Crippen LogP contribution is 2.12. The Morgan fingerprint density at radius 1 is 1.50 bits per heavy atom. The Morgan fingerprint density at radius 3 is 2.75 bits per heavy atom. The van der Waals surface area contributed by atoms with E-state index in [0.29, 0.717) is 17.1 Å². The average Bonchev–Trinajstić information content (AvgIpc) is 2.28. The standard InChI is InChI=1S/C12H17NO2S/c1-3-9(8-15-2)13-12(14)10-6-4-5-7-11(10)16/h4-7,9,16H,3,8H2,1-2H3,(H,13,14). The van der Waals surface area contributed by atoms with Crippen molar-refractivity contribution in [1.82, 2.24) is 5.32 Å². The van der Waals surface area contributed by atoms with Crippen molar-refractivity contribution < 1.29 is 9.53 Å². The van der Waals surface area contributed by atoms with Crippen LogP contribution >= 0.6 is 12.6 Å². The SMILES string of the molecule is CCC(COC)NC(=O)c1ccccc1S. The van der Waals surface area contributed by atoms with Gasteiger partial charge in [-0.3, -0.25) is 4.79 Å². The summed E-state index contributed by atoms with van der Waals surface area (Å²) < 4.78 is 5.03. The number of hydrogen-bond acceptors (Lipinski definition) is 3.